The lowest BCUT2D eigenvalue weighted by Gasteiger charge is -2.16. The Labute approximate surface area is 169 Å². The van der Waals surface area contributed by atoms with Crippen molar-refractivity contribution in [1.29, 1.82) is 0 Å². The van der Waals surface area contributed by atoms with Crippen molar-refractivity contribution >= 4 is 33.3 Å². The van der Waals surface area contributed by atoms with Gasteiger partial charge in [-0.2, -0.15) is 0 Å². The smallest absolute Gasteiger partial charge is 0.309 e. The number of hydrogen-bond donors (Lipinski definition) is 2. The summed E-state index contributed by atoms with van der Waals surface area (Å²) in [6.07, 6.45) is 2.08. The summed E-state index contributed by atoms with van der Waals surface area (Å²) >= 11 is 5.82. The number of rotatable bonds is 8. The molecule has 2 rings (SSSR count). The van der Waals surface area contributed by atoms with Gasteiger partial charge < -0.3 is 15.1 Å². The summed E-state index contributed by atoms with van der Waals surface area (Å²) in [6, 6.07) is 8.76. The third-order valence-electron chi connectivity index (χ3n) is 4.04. The number of nitrogens with one attached hydrogen (secondary N) is 2. The van der Waals surface area contributed by atoms with Crippen molar-refractivity contribution in [1.82, 2.24) is 10.6 Å². The van der Waals surface area contributed by atoms with Crippen LogP contribution < -0.4 is 10.6 Å². The van der Waals surface area contributed by atoms with Gasteiger partial charge in [0.1, 0.15) is 11.0 Å². The van der Waals surface area contributed by atoms with Crippen LogP contribution in [0, 0.1) is 5.92 Å². The summed E-state index contributed by atoms with van der Waals surface area (Å²) in [7, 11) is -3.89. The van der Waals surface area contributed by atoms with Gasteiger partial charge in [0.2, 0.25) is 0 Å². The molecule has 1 unspecified atom stereocenters. The Balaban J connectivity index is 2.11. The number of furan rings is 1. The number of benzene rings is 1. The van der Waals surface area contributed by atoms with E-state index < -0.39 is 26.9 Å². The molecule has 0 bridgehead atoms. The van der Waals surface area contributed by atoms with Gasteiger partial charge in [0.15, 0.2) is 9.84 Å². The zero-order valence-electron chi connectivity index (χ0n) is 15.6. The number of carbonyl (C=O) groups excluding carboxylic acids is 2. The summed E-state index contributed by atoms with van der Waals surface area (Å²) in [5, 5.41) is 4.11. The van der Waals surface area contributed by atoms with Crippen molar-refractivity contribution in [3.63, 3.8) is 0 Å². The van der Waals surface area contributed by atoms with E-state index in [9.17, 15) is 18.0 Å². The maximum atomic E-state index is 13.0. The molecule has 2 amide bonds. The maximum Gasteiger partial charge on any atom is 0.309 e. The molecule has 1 heterocycles. The van der Waals surface area contributed by atoms with Crippen LogP contribution in [-0.2, 0) is 19.4 Å². The lowest BCUT2D eigenvalue weighted by atomic mass is 10.1. The number of amides is 2. The van der Waals surface area contributed by atoms with Crippen LogP contribution in [0.25, 0.3) is 0 Å². The van der Waals surface area contributed by atoms with Crippen LogP contribution in [0.2, 0.25) is 5.02 Å². The molecule has 9 heteroatoms. The summed E-state index contributed by atoms with van der Waals surface area (Å²) in [4.78, 5) is 23.9. The Morgan fingerprint density at radius 2 is 1.71 bits per heavy atom. The summed E-state index contributed by atoms with van der Waals surface area (Å²) < 4.78 is 31.3. The lowest BCUT2D eigenvalue weighted by molar-refractivity contribution is -0.139. The zero-order chi connectivity index (χ0) is 20.7. The molecule has 0 saturated heterocycles. The summed E-state index contributed by atoms with van der Waals surface area (Å²) in [5.41, 5.74) is 0. The van der Waals surface area contributed by atoms with Gasteiger partial charge >= 0.3 is 11.8 Å². The van der Waals surface area contributed by atoms with Crippen LogP contribution in [0.1, 0.15) is 31.3 Å². The average molecular weight is 427 g/mol. The molecule has 0 aliphatic carbocycles. The van der Waals surface area contributed by atoms with Gasteiger partial charge in [-0.15, -0.1) is 0 Å². The monoisotopic (exact) mass is 426 g/mol. The fraction of sp³-hybridized carbons (Fsp3) is 0.368. The van der Waals surface area contributed by atoms with Gasteiger partial charge in [0.25, 0.3) is 0 Å². The molecule has 28 heavy (non-hydrogen) atoms. The second-order valence-electron chi connectivity index (χ2n) is 6.65. The predicted octanol–water partition coefficient (Wildman–Crippen LogP) is 2.73. The van der Waals surface area contributed by atoms with Crippen molar-refractivity contribution < 1.29 is 22.4 Å². The van der Waals surface area contributed by atoms with E-state index in [1.807, 2.05) is 13.8 Å². The summed E-state index contributed by atoms with van der Waals surface area (Å²) in [5.74, 6) is -1.15. The minimum absolute atomic E-state index is 0.0360. The van der Waals surface area contributed by atoms with Crippen molar-refractivity contribution in [3.05, 3.63) is 53.4 Å². The van der Waals surface area contributed by atoms with E-state index >= 15 is 0 Å². The molecular weight excluding hydrogens is 404 g/mol. The van der Waals surface area contributed by atoms with E-state index in [0.717, 1.165) is 6.42 Å². The third kappa shape index (κ3) is 5.84. The quantitative estimate of drug-likeness (QED) is 0.631. The molecule has 2 N–H and O–H groups in total. The molecule has 7 nitrogen and oxygen atoms in total. The Hall–Kier alpha value is -2.32. The van der Waals surface area contributed by atoms with Gasteiger partial charge in [-0.1, -0.05) is 25.4 Å². The van der Waals surface area contributed by atoms with Gasteiger partial charge in [-0.25, -0.2) is 8.42 Å². The molecule has 0 fully saturated rings. The first kappa shape index (κ1) is 22.0. The van der Waals surface area contributed by atoms with Crippen LogP contribution in [-0.4, -0.2) is 33.3 Å². The molecule has 0 spiro atoms. The molecule has 0 aliphatic heterocycles. The van der Waals surface area contributed by atoms with Crippen LogP contribution in [0.4, 0.5) is 0 Å². The molecule has 2 aromatic rings. The summed E-state index contributed by atoms with van der Waals surface area (Å²) in [6.45, 7) is 4.06. The van der Waals surface area contributed by atoms with Crippen LogP contribution in [0.15, 0.2) is 52.0 Å². The Bertz CT molecular complexity index is 893. The zero-order valence-corrected chi connectivity index (χ0v) is 17.2. The molecule has 1 aromatic carbocycles. The Morgan fingerprint density at radius 1 is 1.07 bits per heavy atom. The number of carbonyl (C=O) groups is 2. The standard InChI is InChI=1S/C19H23ClN2O5S/c1-13(2)9-10-21-18(23)19(24)22-12-17(16-4-3-11-27-16)28(25,26)15-7-5-14(20)6-8-15/h3-8,11,13,17H,9-10,12H2,1-2H3,(H,21,23)(H,22,24). The second-order valence-corrected chi connectivity index (χ2v) is 9.22. The highest BCUT2D eigenvalue weighted by Crippen LogP contribution is 2.29. The maximum absolute atomic E-state index is 13.0. The average Bonchev–Trinajstić information content (AvgIpc) is 3.15. The van der Waals surface area contributed by atoms with Gasteiger partial charge in [0, 0.05) is 18.1 Å². The van der Waals surface area contributed by atoms with Crippen molar-refractivity contribution in [3.8, 4) is 0 Å². The van der Waals surface area contributed by atoms with E-state index in [4.69, 9.17) is 16.0 Å². The fourth-order valence-corrected chi connectivity index (χ4v) is 4.16. The normalized spacial score (nSPS) is 12.6. The molecule has 1 aromatic heterocycles. The van der Waals surface area contributed by atoms with E-state index in [1.165, 1.54) is 36.6 Å². The highest BCUT2D eigenvalue weighted by atomic mass is 35.5. The minimum Gasteiger partial charge on any atom is -0.468 e. The van der Waals surface area contributed by atoms with Crippen molar-refractivity contribution in [2.24, 2.45) is 5.92 Å². The predicted molar refractivity (Wildman–Crippen MR) is 106 cm³/mol. The van der Waals surface area contributed by atoms with E-state index in [1.54, 1.807) is 6.07 Å². The van der Waals surface area contributed by atoms with Gasteiger partial charge in [-0.05, 0) is 48.7 Å². The van der Waals surface area contributed by atoms with Gasteiger partial charge in [0.05, 0.1) is 11.2 Å². The fourth-order valence-electron chi connectivity index (χ4n) is 2.45. The highest BCUT2D eigenvalue weighted by Gasteiger charge is 2.32. The molecule has 0 saturated carbocycles. The highest BCUT2D eigenvalue weighted by molar-refractivity contribution is 7.91. The van der Waals surface area contributed by atoms with Gasteiger partial charge in [-0.3, -0.25) is 9.59 Å². The molecular formula is C19H23ClN2O5S. The topological polar surface area (TPSA) is 105 Å². The Kier molecular flexibility index (Phi) is 7.65. The minimum atomic E-state index is -3.89. The first-order chi connectivity index (χ1) is 13.2. The number of halogens is 1. The second kappa shape index (κ2) is 9.75. The lowest BCUT2D eigenvalue weighted by Crippen LogP contribution is -2.42. The number of hydrogen-bond acceptors (Lipinski definition) is 5. The van der Waals surface area contributed by atoms with Crippen LogP contribution in [0.3, 0.4) is 0 Å². The first-order valence-electron chi connectivity index (χ1n) is 8.80. The first-order valence-corrected chi connectivity index (χ1v) is 10.7. The SMILES string of the molecule is CC(C)CCNC(=O)C(=O)NCC(c1ccco1)S(=O)(=O)c1ccc(Cl)cc1. The molecule has 0 radical (unpaired) electrons. The number of sulfone groups is 1. The van der Waals surface area contributed by atoms with Crippen LogP contribution >= 0.6 is 11.6 Å². The molecule has 0 aliphatic rings. The van der Waals surface area contributed by atoms with E-state index in [0.29, 0.717) is 17.5 Å². The molecule has 1 atom stereocenters. The van der Waals surface area contributed by atoms with Crippen molar-refractivity contribution in [2.45, 2.75) is 30.4 Å². The van der Waals surface area contributed by atoms with E-state index in [2.05, 4.69) is 10.6 Å². The van der Waals surface area contributed by atoms with E-state index in [-0.39, 0.29) is 17.2 Å². The third-order valence-corrected chi connectivity index (χ3v) is 6.37. The van der Waals surface area contributed by atoms with Crippen LogP contribution in [0.5, 0.6) is 0 Å². The van der Waals surface area contributed by atoms with Crippen molar-refractivity contribution in [2.75, 3.05) is 13.1 Å². The largest absolute Gasteiger partial charge is 0.468 e. The Morgan fingerprint density at radius 3 is 2.29 bits per heavy atom. The molecule has 152 valence electrons.